The Labute approximate surface area is 119 Å². The number of anilines is 2. The molecule has 2 rings (SSSR count). The van der Waals surface area contributed by atoms with Crippen LogP contribution in [-0.4, -0.2) is 27.5 Å². The molecule has 2 atom stereocenters. The zero-order valence-corrected chi connectivity index (χ0v) is 11.9. The van der Waals surface area contributed by atoms with Crippen molar-refractivity contribution in [3.05, 3.63) is 11.9 Å². The Kier molecular flexibility index (Phi) is 4.62. The summed E-state index contributed by atoms with van der Waals surface area (Å²) < 4.78 is 37.9. The molecule has 0 saturated heterocycles. The Hall–Kier alpha value is -1.18. The molecule has 1 aromatic rings. The van der Waals surface area contributed by atoms with Crippen LogP contribution in [0.5, 0.6) is 0 Å². The maximum atomic E-state index is 12.6. The summed E-state index contributed by atoms with van der Waals surface area (Å²) in [4.78, 5) is 6.74. The number of hydrogen-bond donors (Lipinski definition) is 2. The molecule has 20 heavy (non-hydrogen) atoms. The van der Waals surface area contributed by atoms with Crippen LogP contribution in [0.4, 0.5) is 24.8 Å². The van der Waals surface area contributed by atoms with Crippen LogP contribution in [0.25, 0.3) is 0 Å². The number of hydrogen-bond acceptors (Lipinski definition) is 5. The molecule has 0 spiro atoms. The first-order valence-corrected chi connectivity index (χ1v) is 7.68. The van der Waals surface area contributed by atoms with E-state index in [-0.39, 0.29) is 17.7 Å². The molecule has 1 aromatic heterocycles. The Morgan fingerprint density at radius 1 is 1.35 bits per heavy atom. The van der Waals surface area contributed by atoms with E-state index in [1.54, 1.807) is 11.8 Å². The number of thioether (sulfide) groups is 1. The zero-order valence-electron chi connectivity index (χ0n) is 11.1. The van der Waals surface area contributed by atoms with Gasteiger partial charge in [0.2, 0.25) is 5.82 Å². The molecule has 1 aliphatic rings. The fourth-order valence-electron chi connectivity index (χ4n) is 2.37. The Morgan fingerprint density at radius 2 is 2.10 bits per heavy atom. The molecule has 1 heterocycles. The summed E-state index contributed by atoms with van der Waals surface area (Å²) in [7, 11) is 0. The minimum Gasteiger partial charge on any atom is -0.384 e. The standard InChI is InChI=1S/C12H17F3N4S/c1-20-8-4-2-3-7(5-8)17-10-6-9(16)18-11(19-10)12(13,14)15/h6-8H,2-5H2,1H3,(H3,16,17,18,19). The number of rotatable bonds is 3. The van der Waals surface area contributed by atoms with Crippen molar-refractivity contribution in [2.24, 2.45) is 0 Å². The van der Waals surface area contributed by atoms with Gasteiger partial charge in [0.25, 0.3) is 0 Å². The van der Waals surface area contributed by atoms with Gasteiger partial charge in [0.05, 0.1) is 0 Å². The lowest BCUT2D eigenvalue weighted by molar-refractivity contribution is -0.144. The van der Waals surface area contributed by atoms with Crippen molar-refractivity contribution in [1.29, 1.82) is 0 Å². The average Bonchev–Trinajstić information content (AvgIpc) is 2.37. The van der Waals surface area contributed by atoms with Crippen LogP contribution in [0.1, 0.15) is 31.5 Å². The van der Waals surface area contributed by atoms with Crippen molar-refractivity contribution in [2.45, 2.75) is 43.2 Å². The maximum absolute atomic E-state index is 12.6. The molecule has 3 N–H and O–H groups in total. The van der Waals surface area contributed by atoms with Gasteiger partial charge in [-0.1, -0.05) is 6.42 Å². The van der Waals surface area contributed by atoms with Crippen molar-refractivity contribution in [2.75, 3.05) is 17.3 Å². The van der Waals surface area contributed by atoms with Gasteiger partial charge in [-0.2, -0.15) is 24.9 Å². The lowest BCUT2D eigenvalue weighted by Crippen LogP contribution is -2.29. The second-order valence-corrected chi connectivity index (χ2v) is 6.00. The first-order valence-electron chi connectivity index (χ1n) is 6.39. The predicted octanol–water partition coefficient (Wildman–Crippen LogP) is 3.16. The van der Waals surface area contributed by atoms with E-state index in [9.17, 15) is 13.2 Å². The summed E-state index contributed by atoms with van der Waals surface area (Å²) >= 11 is 1.79. The summed E-state index contributed by atoms with van der Waals surface area (Å²) in [6.45, 7) is 0. The molecule has 8 heteroatoms. The Balaban J connectivity index is 2.11. The highest BCUT2D eigenvalue weighted by atomic mass is 32.2. The normalized spacial score (nSPS) is 23.6. The second kappa shape index (κ2) is 6.07. The van der Waals surface area contributed by atoms with Crippen LogP contribution < -0.4 is 11.1 Å². The molecule has 0 aromatic carbocycles. The lowest BCUT2D eigenvalue weighted by Gasteiger charge is -2.29. The van der Waals surface area contributed by atoms with Crippen molar-refractivity contribution in [3.8, 4) is 0 Å². The minimum absolute atomic E-state index is 0.136. The fourth-order valence-corrected chi connectivity index (χ4v) is 3.19. The molecule has 0 radical (unpaired) electrons. The van der Waals surface area contributed by atoms with E-state index in [4.69, 9.17) is 5.73 Å². The quantitative estimate of drug-likeness (QED) is 0.898. The van der Waals surface area contributed by atoms with Crippen molar-refractivity contribution >= 4 is 23.4 Å². The summed E-state index contributed by atoms with van der Waals surface area (Å²) in [5, 5.41) is 3.60. The van der Waals surface area contributed by atoms with Gasteiger partial charge in [0.15, 0.2) is 0 Å². The Morgan fingerprint density at radius 3 is 2.75 bits per heavy atom. The number of alkyl halides is 3. The summed E-state index contributed by atoms with van der Waals surface area (Å²) in [6, 6.07) is 1.48. The minimum atomic E-state index is -4.58. The average molecular weight is 306 g/mol. The van der Waals surface area contributed by atoms with E-state index in [0.717, 1.165) is 25.7 Å². The highest BCUT2D eigenvalue weighted by molar-refractivity contribution is 7.99. The van der Waals surface area contributed by atoms with Gasteiger partial charge >= 0.3 is 6.18 Å². The third-order valence-electron chi connectivity index (χ3n) is 3.31. The van der Waals surface area contributed by atoms with Gasteiger partial charge in [0, 0.05) is 17.4 Å². The number of nitrogens with one attached hydrogen (secondary N) is 1. The molecular weight excluding hydrogens is 289 g/mol. The first-order chi connectivity index (χ1) is 9.38. The number of aromatic nitrogens is 2. The van der Waals surface area contributed by atoms with Gasteiger partial charge in [0.1, 0.15) is 11.6 Å². The first kappa shape index (κ1) is 15.2. The van der Waals surface area contributed by atoms with Crippen LogP contribution in [0, 0.1) is 0 Å². The lowest BCUT2D eigenvalue weighted by atomic mass is 9.95. The molecule has 0 aliphatic heterocycles. The van der Waals surface area contributed by atoms with E-state index in [1.165, 1.54) is 6.07 Å². The van der Waals surface area contributed by atoms with Crippen LogP contribution in [0.3, 0.4) is 0 Å². The number of nitrogen functional groups attached to an aromatic ring is 1. The summed E-state index contributed by atoms with van der Waals surface area (Å²) in [5.41, 5.74) is 5.42. The van der Waals surface area contributed by atoms with Gasteiger partial charge in [-0.15, -0.1) is 0 Å². The molecule has 0 bridgehead atoms. The molecule has 1 aliphatic carbocycles. The summed E-state index contributed by atoms with van der Waals surface area (Å²) in [5.74, 6) is -1.22. The molecule has 0 amide bonds. The van der Waals surface area contributed by atoms with E-state index in [1.807, 2.05) is 0 Å². The maximum Gasteiger partial charge on any atom is 0.451 e. The molecule has 4 nitrogen and oxygen atoms in total. The highest BCUT2D eigenvalue weighted by Gasteiger charge is 2.35. The smallest absolute Gasteiger partial charge is 0.384 e. The van der Waals surface area contributed by atoms with Crippen LogP contribution in [0.15, 0.2) is 6.07 Å². The van der Waals surface area contributed by atoms with E-state index in [0.29, 0.717) is 5.25 Å². The van der Waals surface area contributed by atoms with Crippen molar-refractivity contribution < 1.29 is 13.2 Å². The topological polar surface area (TPSA) is 63.8 Å². The molecule has 1 saturated carbocycles. The summed E-state index contributed by atoms with van der Waals surface area (Å²) in [6.07, 6.45) is 1.54. The van der Waals surface area contributed by atoms with E-state index in [2.05, 4.69) is 21.5 Å². The molecule has 1 fully saturated rings. The third kappa shape index (κ3) is 3.91. The molecular formula is C12H17F3N4S. The van der Waals surface area contributed by atoms with Gasteiger partial charge in [-0.05, 0) is 25.5 Å². The third-order valence-corrected chi connectivity index (χ3v) is 4.41. The number of halogens is 3. The van der Waals surface area contributed by atoms with Crippen molar-refractivity contribution in [3.63, 3.8) is 0 Å². The largest absolute Gasteiger partial charge is 0.451 e. The van der Waals surface area contributed by atoms with Gasteiger partial charge < -0.3 is 11.1 Å². The highest BCUT2D eigenvalue weighted by Crippen LogP contribution is 2.30. The van der Waals surface area contributed by atoms with E-state index >= 15 is 0 Å². The molecule has 2 unspecified atom stereocenters. The predicted molar refractivity (Wildman–Crippen MR) is 74.6 cm³/mol. The molecule has 112 valence electrons. The zero-order chi connectivity index (χ0) is 14.8. The van der Waals surface area contributed by atoms with E-state index < -0.39 is 12.0 Å². The van der Waals surface area contributed by atoms with Crippen LogP contribution in [0.2, 0.25) is 0 Å². The number of nitrogens with two attached hydrogens (primary N) is 1. The Bertz CT molecular complexity index is 467. The second-order valence-electron chi connectivity index (χ2n) is 4.86. The fraction of sp³-hybridized carbons (Fsp3) is 0.667. The van der Waals surface area contributed by atoms with Gasteiger partial charge in [-0.3, -0.25) is 0 Å². The van der Waals surface area contributed by atoms with Crippen LogP contribution in [-0.2, 0) is 6.18 Å². The number of nitrogens with zero attached hydrogens (tertiary/aromatic N) is 2. The van der Waals surface area contributed by atoms with Crippen LogP contribution >= 0.6 is 11.8 Å². The monoisotopic (exact) mass is 306 g/mol. The van der Waals surface area contributed by atoms with Gasteiger partial charge in [-0.25, -0.2) is 9.97 Å². The van der Waals surface area contributed by atoms with Crippen molar-refractivity contribution in [1.82, 2.24) is 9.97 Å². The SMILES string of the molecule is CSC1CCCC(Nc2cc(N)nc(C(F)(F)F)n2)C1.